The monoisotopic (exact) mass is 414 g/mol. The van der Waals surface area contributed by atoms with E-state index in [2.05, 4.69) is 10.6 Å². The van der Waals surface area contributed by atoms with Crippen molar-refractivity contribution in [2.75, 3.05) is 20.2 Å². The Hall–Kier alpha value is -2.83. The Morgan fingerprint density at radius 1 is 1.17 bits per heavy atom. The molecule has 2 N–H and O–H groups in total. The summed E-state index contributed by atoms with van der Waals surface area (Å²) < 4.78 is 7.06. The van der Waals surface area contributed by atoms with Gasteiger partial charge in [-0.2, -0.15) is 5.10 Å². The maximum absolute atomic E-state index is 12.9. The van der Waals surface area contributed by atoms with E-state index in [1.165, 1.54) is 0 Å². The van der Waals surface area contributed by atoms with E-state index in [4.69, 9.17) is 9.84 Å². The molecule has 1 aromatic heterocycles. The number of likely N-dealkylation sites (N-methyl/N-ethyl adjacent to an activating group) is 1. The molecule has 1 amide bonds. The van der Waals surface area contributed by atoms with Crippen LogP contribution in [0.4, 0.5) is 0 Å². The number of rotatable bonds is 8. The highest BCUT2D eigenvalue weighted by molar-refractivity contribution is 6.00. The van der Waals surface area contributed by atoms with E-state index in [-0.39, 0.29) is 24.4 Å². The summed E-state index contributed by atoms with van der Waals surface area (Å²) in [4.78, 5) is 12.9. The molecule has 0 saturated carbocycles. The standard InChI is InChI=1S/C22H26N4O2.ClH/c1-4-23-16(2)14-24-22(27)20-15-26(18-10-6-5-7-11-18)25-21(20)17-9-8-12-19(13-17)28-3;/h5-13,15-16,23H,4,14H2,1-3H3,(H,24,27);1H/t16-;/m1./s1. The summed E-state index contributed by atoms with van der Waals surface area (Å²) in [5.41, 5.74) is 2.88. The van der Waals surface area contributed by atoms with Crippen LogP contribution in [-0.2, 0) is 0 Å². The van der Waals surface area contributed by atoms with Gasteiger partial charge >= 0.3 is 0 Å². The molecule has 6 nitrogen and oxygen atoms in total. The number of para-hydroxylation sites is 1. The normalized spacial score (nSPS) is 11.4. The van der Waals surface area contributed by atoms with Crippen molar-refractivity contribution >= 4 is 18.3 Å². The van der Waals surface area contributed by atoms with Crippen molar-refractivity contribution in [2.24, 2.45) is 0 Å². The van der Waals surface area contributed by atoms with Gasteiger partial charge < -0.3 is 15.4 Å². The molecule has 3 rings (SSSR count). The van der Waals surface area contributed by atoms with Gasteiger partial charge in [-0.3, -0.25) is 4.79 Å². The zero-order chi connectivity index (χ0) is 19.9. The predicted octanol–water partition coefficient (Wildman–Crippen LogP) is 3.70. The Kier molecular flexibility index (Phi) is 8.24. The number of nitrogens with one attached hydrogen (secondary N) is 2. The zero-order valence-electron chi connectivity index (χ0n) is 16.9. The van der Waals surface area contributed by atoms with Crippen LogP contribution in [0, 0.1) is 0 Å². The van der Waals surface area contributed by atoms with Gasteiger partial charge in [-0.05, 0) is 37.7 Å². The molecular weight excluding hydrogens is 388 g/mol. The van der Waals surface area contributed by atoms with Gasteiger partial charge in [0.2, 0.25) is 0 Å². The average Bonchev–Trinajstić information content (AvgIpc) is 3.18. The van der Waals surface area contributed by atoms with Crippen molar-refractivity contribution in [3.63, 3.8) is 0 Å². The minimum Gasteiger partial charge on any atom is -0.497 e. The van der Waals surface area contributed by atoms with Gasteiger partial charge in [0.1, 0.15) is 11.4 Å². The van der Waals surface area contributed by atoms with Gasteiger partial charge in [0.05, 0.1) is 18.4 Å². The van der Waals surface area contributed by atoms with Gasteiger partial charge in [-0.1, -0.05) is 37.3 Å². The third kappa shape index (κ3) is 5.59. The number of aromatic nitrogens is 2. The summed E-state index contributed by atoms with van der Waals surface area (Å²) in [6.07, 6.45) is 1.78. The van der Waals surface area contributed by atoms with Crippen LogP contribution >= 0.6 is 12.4 Å². The zero-order valence-corrected chi connectivity index (χ0v) is 17.7. The smallest absolute Gasteiger partial charge is 0.255 e. The minimum absolute atomic E-state index is 0. The molecule has 0 bridgehead atoms. The van der Waals surface area contributed by atoms with Crippen LogP contribution in [0.1, 0.15) is 24.2 Å². The van der Waals surface area contributed by atoms with Crippen LogP contribution in [0.5, 0.6) is 5.75 Å². The molecule has 0 radical (unpaired) electrons. The highest BCUT2D eigenvalue weighted by Crippen LogP contribution is 2.27. The molecule has 1 heterocycles. The summed E-state index contributed by atoms with van der Waals surface area (Å²) in [7, 11) is 1.62. The molecule has 29 heavy (non-hydrogen) atoms. The van der Waals surface area contributed by atoms with Crippen LogP contribution in [0.3, 0.4) is 0 Å². The van der Waals surface area contributed by atoms with E-state index in [0.29, 0.717) is 17.8 Å². The molecule has 0 spiro atoms. The lowest BCUT2D eigenvalue weighted by Crippen LogP contribution is -2.38. The summed E-state index contributed by atoms with van der Waals surface area (Å²) >= 11 is 0. The van der Waals surface area contributed by atoms with E-state index >= 15 is 0 Å². The first kappa shape index (κ1) is 22.5. The van der Waals surface area contributed by atoms with E-state index < -0.39 is 0 Å². The molecule has 0 unspecified atom stereocenters. The van der Waals surface area contributed by atoms with Crippen molar-refractivity contribution in [1.29, 1.82) is 0 Å². The molecule has 0 saturated heterocycles. The number of hydrogen-bond acceptors (Lipinski definition) is 4. The van der Waals surface area contributed by atoms with Crippen molar-refractivity contribution in [2.45, 2.75) is 19.9 Å². The molecule has 7 heteroatoms. The Balaban J connectivity index is 0.00000300. The maximum Gasteiger partial charge on any atom is 0.255 e. The van der Waals surface area contributed by atoms with Crippen molar-refractivity contribution in [3.05, 3.63) is 66.4 Å². The van der Waals surface area contributed by atoms with E-state index in [1.54, 1.807) is 18.0 Å². The molecule has 0 aliphatic carbocycles. The Morgan fingerprint density at radius 3 is 2.62 bits per heavy atom. The fourth-order valence-electron chi connectivity index (χ4n) is 3.00. The second-order valence-electron chi connectivity index (χ2n) is 6.57. The number of benzene rings is 2. The molecule has 2 aromatic carbocycles. The first-order chi connectivity index (χ1) is 13.6. The lowest BCUT2D eigenvalue weighted by atomic mass is 10.1. The number of nitrogens with zero attached hydrogens (tertiary/aromatic N) is 2. The van der Waals surface area contributed by atoms with Crippen LogP contribution in [-0.4, -0.2) is 41.9 Å². The number of methoxy groups -OCH3 is 1. The number of halogens is 1. The van der Waals surface area contributed by atoms with E-state index in [9.17, 15) is 4.79 Å². The lowest BCUT2D eigenvalue weighted by Gasteiger charge is -2.13. The van der Waals surface area contributed by atoms with Crippen molar-refractivity contribution < 1.29 is 9.53 Å². The average molecular weight is 415 g/mol. The van der Waals surface area contributed by atoms with Crippen LogP contribution in [0.2, 0.25) is 0 Å². The van der Waals surface area contributed by atoms with Gasteiger partial charge in [-0.25, -0.2) is 4.68 Å². The molecular formula is C22H27ClN4O2. The van der Waals surface area contributed by atoms with Crippen LogP contribution in [0.15, 0.2) is 60.8 Å². The van der Waals surface area contributed by atoms with Gasteiger partial charge in [-0.15, -0.1) is 12.4 Å². The highest BCUT2D eigenvalue weighted by atomic mass is 35.5. The Bertz CT molecular complexity index is 928. The second-order valence-corrected chi connectivity index (χ2v) is 6.57. The number of amides is 1. The van der Waals surface area contributed by atoms with E-state index in [1.807, 2.05) is 68.4 Å². The van der Waals surface area contributed by atoms with Crippen molar-refractivity contribution in [3.8, 4) is 22.7 Å². The van der Waals surface area contributed by atoms with Crippen LogP contribution < -0.4 is 15.4 Å². The molecule has 154 valence electrons. The summed E-state index contributed by atoms with van der Waals surface area (Å²) in [5, 5.41) is 11.0. The number of ether oxygens (including phenoxy) is 1. The van der Waals surface area contributed by atoms with Gasteiger partial charge in [0.15, 0.2) is 0 Å². The molecule has 1 atom stereocenters. The quantitative estimate of drug-likeness (QED) is 0.589. The Morgan fingerprint density at radius 2 is 1.93 bits per heavy atom. The van der Waals surface area contributed by atoms with Crippen molar-refractivity contribution in [1.82, 2.24) is 20.4 Å². The van der Waals surface area contributed by atoms with Crippen LogP contribution in [0.25, 0.3) is 16.9 Å². The third-order valence-corrected chi connectivity index (χ3v) is 4.44. The summed E-state index contributed by atoms with van der Waals surface area (Å²) in [5.74, 6) is 0.573. The van der Waals surface area contributed by atoms with Gasteiger partial charge in [0, 0.05) is 24.3 Å². The fraction of sp³-hybridized carbons (Fsp3) is 0.273. The first-order valence-corrected chi connectivity index (χ1v) is 9.43. The molecule has 0 aliphatic heterocycles. The topological polar surface area (TPSA) is 68.2 Å². The number of carbonyl (C=O) groups is 1. The predicted molar refractivity (Wildman–Crippen MR) is 118 cm³/mol. The van der Waals surface area contributed by atoms with E-state index in [0.717, 1.165) is 23.5 Å². The molecule has 0 aliphatic rings. The second kappa shape index (κ2) is 10.6. The molecule has 3 aromatic rings. The summed E-state index contributed by atoms with van der Waals surface area (Å²) in [6, 6.07) is 17.5. The number of carbonyl (C=O) groups excluding carboxylic acids is 1. The van der Waals surface area contributed by atoms with Gasteiger partial charge in [0.25, 0.3) is 5.91 Å². The largest absolute Gasteiger partial charge is 0.497 e. The lowest BCUT2D eigenvalue weighted by molar-refractivity contribution is 0.0951. The third-order valence-electron chi connectivity index (χ3n) is 4.44. The number of hydrogen-bond donors (Lipinski definition) is 2. The molecule has 0 fully saturated rings. The highest BCUT2D eigenvalue weighted by Gasteiger charge is 2.19. The maximum atomic E-state index is 12.9. The first-order valence-electron chi connectivity index (χ1n) is 9.43. The summed E-state index contributed by atoms with van der Waals surface area (Å²) in [6.45, 7) is 5.49. The fourth-order valence-corrected chi connectivity index (χ4v) is 3.00. The minimum atomic E-state index is -0.148. The SMILES string of the molecule is CCN[C@H](C)CNC(=O)c1cn(-c2ccccc2)nc1-c1cccc(OC)c1.Cl. The Labute approximate surface area is 177 Å².